The van der Waals surface area contributed by atoms with Crippen LogP contribution in [0.5, 0.6) is 11.6 Å². The molecule has 0 unspecified atom stereocenters. The molecule has 0 aliphatic rings. The Balaban J connectivity index is 1.47. The first kappa shape index (κ1) is 27.7. The molecular formula is C27H18ClF3N2O5S2. The van der Waals surface area contributed by atoms with Crippen LogP contribution in [0.3, 0.4) is 0 Å². The fourth-order valence-corrected chi connectivity index (χ4v) is 6.34. The van der Waals surface area contributed by atoms with Gasteiger partial charge in [-0.2, -0.15) is 24.5 Å². The third-order valence-corrected chi connectivity index (χ3v) is 8.69. The smallest absolute Gasteiger partial charge is 0.417 e. The average molecular weight is 607 g/mol. The first-order chi connectivity index (χ1) is 18.9. The van der Waals surface area contributed by atoms with Gasteiger partial charge in [-0.05, 0) is 82.4 Å². The number of ether oxygens (including phenoxy) is 1. The van der Waals surface area contributed by atoms with Crippen molar-refractivity contribution in [3.8, 4) is 22.8 Å². The molecule has 0 saturated carbocycles. The fraction of sp³-hybridized carbons (Fsp3) is 0.111. The zero-order valence-electron chi connectivity index (χ0n) is 20.2. The van der Waals surface area contributed by atoms with Crippen molar-refractivity contribution in [2.24, 2.45) is 0 Å². The number of carboxylic acids is 1. The number of carbonyl (C=O) groups is 1. The van der Waals surface area contributed by atoms with E-state index in [1.165, 1.54) is 41.8 Å². The molecule has 0 amide bonds. The molecule has 13 heteroatoms. The van der Waals surface area contributed by atoms with Crippen molar-refractivity contribution in [1.82, 2.24) is 8.96 Å². The molecule has 0 fully saturated rings. The van der Waals surface area contributed by atoms with Crippen LogP contribution in [0.4, 0.5) is 13.2 Å². The first-order valence-electron chi connectivity index (χ1n) is 11.6. The van der Waals surface area contributed by atoms with Crippen molar-refractivity contribution >= 4 is 49.8 Å². The number of benzene rings is 2. The molecule has 0 spiro atoms. The highest BCUT2D eigenvalue weighted by Crippen LogP contribution is 2.36. The number of rotatable bonds is 8. The summed E-state index contributed by atoms with van der Waals surface area (Å²) in [5.74, 6) is -1.17. The molecule has 0 atom stereocenters. The van der Waals surface area contributed by atoms with Gasteiger partial charge in [-0.1, -0.05) is 17.7 Å². The molecule has 7 nitrogen and oxygen atoms in total. The summed E-state index contributed by atoms with van der Waals surface area (Å²) >= 11 is 7.42. The lowest BCUT2D eigenvalue weighted by Gasteiger charge is -2.11. The summed E-state index contributed by atoms with van der Waals surface area (Å²) in [4.78, 5) is 14.8. The van der Waals surface area contributed by atoms with Crippen molar-refractivity contribution < 1.29 is 36.2 Å². The summed E-state index contributed by atoms with van der Waals surface area (Å²) in [6.07, 6.45) is -2.64. The Morgan fingerprint density at radius 1 is 1.07 bits per heavy atom. The largest absolute Gasteiger partial charge is 0.481 e. The van der Waals surface area contributed by atoms with Gasteiger partial charge in [0.05, 0.1) is 16.0 Å². The molecule has 0 aliphatic carbocycles. The minimum atomic E-state index is -4.62. The SMILES string of the molecule is O=C(O)CCc1cn(S(=O)(=O)c2ccc(Oc3ncc(C(F)(F)F)cc3Cl)cc2)c2ccc(-c3ccsc3)cc12. The molecule has 3 heterocycles. The number of hydrogen-bond acceptors (Lipinski definition) is 6. The Hall–Kier alpha value is -3.87. The number of aliphatic carboxylic acids is 1. The van der Waals surface area contributed by atoms with Crippen LogP contribution in [-0.4, -0.2) is 28.5 Å². The van der Waals surface area contributed by atoms with E-state index in [9.17, 15) is 31.5 Å². The summed E-state index contributed by atoms with van der Waals surface area (Å²) in [7, 11) is -4.12. The van der Waals surface area contributed by atoms with Crippen molar-refractivity contribution in [2.45, 2.75) is 23.9 Å². The van der Waals surface area contributed by atoms with Gasteiger partial charge in [0.25, 0.3) is 10.0 Å². The lowest BCUT2D eigenvalue weighted by Crippen LogP contribution is -2.11. The number of carboxylic acid groups (broad SMARTS) is 1. The quantitative estimate of drug-likeness (QED) is 0.197. The van der Waals surface area contributed by atoms with E-state index in [2.05, 4.69) is 4.98 Å². The number of pyridine rings is 1. The number of aryl methyl sites for hydroxylation is 1. The number of halogens is 4. The van der Waals surface area contributed by atoms with Gasteiger partial charge in [0.1, 0.15) is 10.8 Å². The predicted octanol–water partition coefficient (Wildman–Crippen LogP) is 7.48. The van der Waals surface area contributed by atoms with Gasteiger partial charge < -0.3 is 9.84 Å². The van der Waals surface area contributed by atoms with Crippen LogP contribution in [-0.2, 0) is 27.4 Å². The number of alkyl halides is 3. The highest BCUT2D eigenvalue weighted by Gasteiger charge is 2.32. The minimum absolute atomic E-state index is 0.0880. The second kappa shape index (κ2) is 10.6. The van der Waals surface area contributed by atoms with Crippen molar-refractivity contribution in [1.29, 1.82) is 0 Å². The third kappa shape index (κ3) is 5.55. The van der Waals surface area contributed by atoms with E-state index in [0.29, 0.717) is 28.7 Å². The topological polar surface area (TPSA) is 98.5 Å². The summed E-state index contributed by atoms with van der Waals surface area (Å²) < 4.78 is 72.4. The Morgan fingerprint density at radius 3 is 2.45 bits per heavy atom. The molecule has 40 heavy (non-hydrogen) atoms. The van der Waals surface area contributed by atoms with Crippen molar-refractivity contribution in [2.75, 3.05) is 0 Å². The van der Waals surface area contributed by atoms with Crippen LogP contribution in [0.2, 0.25) is 5.02 Å². The second-order valence-corrected chi connectivity index (χ2v) is 11.7. The minimum Gasteiger partial charge on any atom is -0.481 e. The van der Waals surface area contributed by atoms with Crippen LogP contribution in [0, 0.1) is 0 Å². The van der Waals surface area contributed by atoms with Gasteiger partial charge in [-0.3, -0.25) is 4.79 Å². The highest BCUT2D eigenvalue weighted by molar-refractivity contribution is 7.90. The van der Waals surface area contributed by atoms with Crippen LogP contribution < -0.4 is 4.74 Å². The standard InChI is InChI=1S/C27H18ClF3N2O5S2/c28-23-12-19(27(29,30)31)13-32-26(23)38-20-3-5-21(6-4-20)40(36,37)33-14-17(2-8-25(34)35)22-11-16(1-7-24(22)33)18-9-10-39-15-18/h1,3-7,9-15H,2,8H2,(H,34,35). The molecule has 206 valence electrons. The van der Waals surface area contributed by atoms with E-state index in [1.54, 1.807) is 12.1 Å². The van der Waals surface area contributed by atoms with Crippen molar-refractivity contribution in [3.63, 3.8) is 0 Å². The Bertz CT molecular complexity index is 1820. The van der Waals surface area contributed by atoms with Gasteiger partial charge in [0, 0.05) is 24.2 Å². The maximum absolute atomic E-state index is 13.6. The van der Waals surface area contributed by atoms with Gasteiger partial charge in [-0.15, -0.1) is 0 Å². The monoisotopic (exact) mass is 606 g/mol. The molecule has 3 aromatic heterocycles. The highest BCUT2D eigenvalue weighted by atomic mass is 35.5. The number of thiophene rings is 1. The molecule has 1 N–H and O–H groups in total. The van der Waals surface area contributed by atoms with Crippen LogP contribution in [0.25, 0.3) is 22.0 Å². The number of fused-ring (bicyclic) bond motifs is 1. The van der Waals surface area contributed by atoms with E-state index in [4.69, 9.17) is 16.3 Å². The number of nitrogens with zero attached hydrogens (tertiary/aromatic N) is 2. The predicted molar refractivity (Wildman–Crippen MR) is 145 cm³/mol. The summed E-state index contributed by atoms with van der Waals surface area (Å²) in [6, 6.07) is 13.2. The van der Waals surface area contributed by atoms with E-state index in [-0.39, 0.29) is 34.4 Å². The molecule has 0 aliphatic heterocycles. The maximum Gasteiger partial charge on any atom is 0.417 e. The fourth-order valence-electron chi connectivity index (χ4n) is 4.07. The van der Waals surface area contributed by atoms with E-state index < -0.39 is 27.7 Å². The lowest BCUT2D eigenvalue weighted by atomic mass is 10.0. The zero-order chi connectivity index (χ0) is 28.7. The molecule has 0 saturated heterocycles. The van der Waals surface area contributed by atoms with Gasteiger partial charge in [0.15, 0.2) is 0 Å². The summed E-state index contributed by atoms with van der Waals surface area (Å²) in [5.41, 5.74) is 1.76. The number of aromatic nitrogens is 2. The zero-order valence-corrected chi connectivity index (χ0v) is 22.6. The third-order valence-electron chi connectivity index (χ3n) is 6.05. The van der Waals surface area contributed by atoms with Crippen molar-refractivity contribution in [3.05, 3.63) is 93.9 Å². The van der Waals surface area contributed by atoms with E-state index >= 15 is 0 Å². The van der Waals surface area contributed by atoms with E-state index in [0.717, 1.165) is 15.1 Å². The molecule has 0 radical (unpaired) electrons. The average Bonchev–Trinajstić information content (AvgIpc) is 3.57. The summed E-state index contributed by atoms with van der Waals surface area (Å²) in [5, 5.41) is 13.3. The molecule has 0 bridgehead atoms. The lowest BCUT2D eigenvalue weighted by molar-refractivity contribution is -0.138. The van der Waals surface area contributed by atoms with Crippen LogP contribution >= 0.6 is 22.9 Å². The maximum atomic E-state index is 13.6. The Labute approximate surface area is 235 Å². The molecule has 5 aromatic rings. The van der Waals surface area contributed by atoms with Gasteiger partial charge in [-0.25, -0.2) is 17.4 Å². The molecule has 2 aromatic carbocycles. The van der Waals surface area contributed by atoms with Gasteiger partial charge in [0.2, 0.25) is 5.88 Å². The summed E-state index contributed by atoms with van der Waals surface area (Å²) in [6.45, 7) is 0. The second-order valence-electron chi connectivity index (χ2n) is 8.68. The van der Waals surface area contributed by atoms with Crippen LogP contribution in [0.1, 0.15) is 17.5 Å². The molecule has 5 rings (SSSR count). The Kier molecular flexibility index (Phi) is 7.34. The Morgan fingerprint density at radius 2 is 1.82 bits per heavy atom. The molecular weight excluding hydrogens is 589 g/mol. The van der Waals surface area contributed by atoms with Gasteiger partial charge >= 0.3 is 12.1 Å². The number of hydrogen-bond donors (Lipinski definition) is 1. The first-order valence-corrected chi connectivity index (χ1v) is 14.3. The van der Waals surface area contributed by atoms with E-state index in [1.807, 2.05) is 22.9 Å². The normalized spacial score (nSPS) is 12.1. The van der Waals surface area contributed by atoms with Crippen LogP contribution in [0.15, 0.2) is 82.6 Å².